The number of para-hydroxylation sites is 2. The highest BCUT2D eigenvalue weighted by Crippen LogP contribution is 2.30. The van der Waals surface area contributed by atoms with Gasteiger partial charge in [-0.15, -0.1) is 0 Å². The van der Waals surface area contributed by atoms with Crippen LogP contribution in [0.5, 0.6) is 5.75 Å². The van der Waals surface area contributed by atoms with Crippen LogP contribution in [0.1, 0.15) is 39.0 Å². The molecule has 2 rings (SSSR count). The van der Waals surface area contributed by atoms with Crippen molar-refractivity contribution >= 4 is 17.2 Å². The summed E-state index contributed by atoms with van der Waals surface area (Å²) in [5, 5.41) is 10.1. The molecule has 0 fully saturated rings. The second kappa shape index (κ2) is 7.07. The van der Waals surface area contributed by atoms with Crippen molar-refractivity contribution in [3.05, 3.63) is 35.6 Å². The number of ether oxygens (including phenoxy) is 1. The first-order valence-electron chi connectivity index (χ1n) is 7.33. The van der Waals surface area contributed by atoms with Crippen molar-refractivity contribution in [2.75, 3.05) is 7.11 Å². The molecule has 0 saturated carbocycles. The smallest absolute Gasteiger partial charge is 0.168 e. The van der Waals surface area contributed by atoms with E-state index in [0.29, 0.717) is 48.4 Å². The Bertz CT molecular complexity index is 587. The highest BCUT2D eigenvalue weighted by Gasteiger charge is 2.24. The molecule has 21 heavy (non-hydrogen) atoms. The lowest BCUT2D eigenvalue weighted by molar-refractivity contribution is -0.115. The minimum absolute atomic E-state index is 0.0131. The van der Waals surface area contributed by atoms with E-state index in [1.165, 1.54) is 0 Å². The van der Waals surface area contributed by atoms with Crippen LogP contribution in [0.4, 0.5) is 5.69 Å². The summed E-state index contributed by atoms with van der Waals surface area (Å²) in [6.45, 7) is 2.03. The fraction of sp³-hybridized carbons (Fsp3) is 0.412. The third kappa shape index (κ3) is 3.51. The van der Waals surface area contributed by atoms with Gasteiger partial charge >= 0.3 is 0 Å². The van der Waals surface area contributed by atoms with Gasteiger partial charge in [0.15, 0.2) is 5.78 Å². The maximum Gasteiger partial charge on any atom is 0.168 e. The maximum absolute atomic E-state index is 12.1. The van der Waals surface area contributed by atoms with Gasteiger partial charge in [0, 0.05) is 12.8 Å². The number of aliphatic hydroxyl groups excluding tert-OH is 1. The number of methoxy groups -OCH3 is 1. The Kier molecular flexibility index (Phi) is 5.14. The Morgan fingerprint density at radius 3 is 2.76 bits per heavy atom. The monoisotopic (exact) mass is 287 g/mol. The number of aliphatic hydroxyl groups is 1. The number of benzene rings is 1. The number of carbonyl (C=O) groups is 1. The summed E-state index contributed by atoms with van der Waals surface area (Å²) in [6.07, 6.45) is 3.26. The first-order chi connectivity index (χ1) is 10.2. The predicted molar refractivity (Wildman–Crippen MR) is 83.5 cm³/mol. The molecule has 0 atom stereocenters. The summed E-state index contributed by atoms with van der Waals surface area (Å²) in [5.41, 5.74) is 1.75. The van der Waals surface area contributed by atoms with Gasteiger partial charge < -0.3 is 9.84 Å². The van der Waals surface area contributed by atoms with E-state index in [4.69, 9.17) is 4.74 Å². The molecule has 4 heteroatoms. The Morgan fingerprint density at radius 1 is 1.33 bits per heavy atom. The van der Waals surface area contributed by atoms with Gasteiger partial charge in [0.2, 0.25) is 0 Å². The van der Waals surface area contributed by atoms with E-state index >= 15 is 0 Å². The molecule has 0 bridgehead atoms. The summed E-state index contributed by atoms with van der Waals surface area (Å²) in [6, 6.07) is 7.43. The first-order valence-corrected chi connectivity index (χ1v) is 7.33. The van der Waals surface area contributed by atoms with Crippen LogP contribution in [-0.2, 0) is 4.79 Å². The van der Waals surface area contributed by atoms with Gasteiger partial charge in [-0.3, -0.25) is 4.79 Å². The van der Waals surface area contributed by atoms with Crippen molar-refractivity contribution in [1.82, 2.24) is 0 Å². The van der Waals surface area contributed by atoms with Crippen molar-refractivity contribution in [2.45, 2.75) is 39.0 Å². The van der Waals surface area contributed by atoms with Crippen LogP contribution in [-0.4, -0.2) is 23.7 Å². The van der Waals surface area contributed by atoms with Crippen molar-refractivity contribution in [1.29, 1.82) is 0 Å². The van der Waals surface area contributed by atoms with E-state index in [2.05, 4.69) is 4.99 Å². The molecule has 112 valence electrons. The summed E-state index contributed by atoms with van der Waals surface area (Å²) < 4.78 is 5.29. The summed E-state index contributed by atoms with van der Waals surface area (Å²) >= 11 is 0. The number of aliphatic imine (C=N–C) groups is 1. The number of nitrogens with zero attached hydrogens (tertiary/aromatic N) is 1. The van der Waals surface area contributed by atoms with Gasteiger partial charge in [-0.1, -0.05) is 25.5 Å². The van der Waals surface area contributed by atoms with Gasteiger partial charge in [-0.05, 0) is 25.0 Å². The van der Waals surface area contributed by atoms with E-state index in [9.17, 15) is 9.90 Å². The predicted octanol–water partition coefficient (Wildman–Crippen LogP) is 4.13. The molecule has 1 aliphatic carbocycles. The summed E-state index contributed by atoms with van der Waals surface area (Å²) in [5.74, 6) is 0.823. The SMILES string of the molecule is CCCC(=Nc1ccccc1OC)C1=C(O)CCCC1=O. The largest absolute Gasteiger partial charge is 0.511 e. The fourth-order valence-electron chi connectivity index (χ4n) is 2.50. The van der Waals surface area contributed by atoms with Crippen molar-refractivity contribution in [2.24, 2.45) is 4.99 Å². The minimum atomic E-state index is -0.0131. The van der Waals surface area contributed by atoms with Crippen LogP contribution < -0.4 is 4.74 Å². The third-order valence-electron chi connectivity index (χ3n) is 3.50. The van der Waals surface area contributed by atoms with Crippen LogP contribution in [0, 0.1) is 0 Å². The van der Waals surface area contributed by atoms with E-state index in [-0.39, 0.29) is 11.5 Å². The third-order valence-corrected chi connectivity index (χ3v) is 3.50. The zero-order valence-corrected chi connectivity index (χ0v) is 12.6. The zero-order chi connectivity index (χ0) is 15.2. The highest BCUT2D eigenvalue weighted by atomic mass is 16.5. The van der Waals surface area contributed by atoms with Crippen LogP contribution in [0.3, 0.4) is 0 Å². The maximum atomic E-state index is 12.1. The Morgan fingerprint density at radius 2 is 2.10 bits per heavy atom. The molecule has 1 aromatic carbocycles. The van der Waals surface area contributed by atoms with Crippen LogP contribution in [0.25, 0.3) is 0 Å². The Balaban J connectivity index is 2.48. The van der Waals surface area contributed by atoms with Crippen LogP contribution >= 0.6 is 0 Å². The molecule has 0 saturated heterocycles. The lowest BCUT2D eigenvalue weighted by atomic mass is 9.91. The van der Waals surface area contributed by atoms with Gasteiger partial charge in [0.05, 0.1) is 18.4 Å². The average Bonchev–Trinajstić information content (AvgIpc) is 2.48. The molecule has 0 aliphatic heterocycles. The standard InChI is InChI=1S/C17H21NO3/c1-3-7-13(17-14(19)9-6-10-15(17)20)18-12-8-4-5-11-16(12)21-2/h4-5,8,11,19H,3,6-7,9-10H2,1-2H3. The molecule has 0 unspecified atom stereocenters. The fourth-order valence-corrected chi connectivity index (χ4v) is 2.50. The Hall–Kier alpha value is -2.10. The minimum Gasteiger partial charge on any atom is -0.511 e. The molecule has 1 aliphatic rings. The molecule has 0 radical (unpaired) electrons. The van der Waals surface area contributed by atoms with E-state index in [1.807, 2.05) is 31.2 Å². The second-order valence-corrected chi connectivity index (χ2v) is 5.08. The molecule has 0 spiro atoms. The average molecular weight is 287 g/mol. The van der Waals surface area contributed by atoms with Crippen molar-refractivity contribution in [3.63, 3.8) is 0 Å². The highest BCUT2D eigenvalue weighted by molar-refractivity contribution is 6.23. The Labute approximate surface area is 125 Å². The van der Waals surface area contributed by atoms with Crippen LogP contribution in [0.15, 0.2) is 40.6 Å². The molecule has 0 amide bonds. The normalized spacial score (nSPS) is 16.3. The number of rotatable bonds is 5. The number of hydrogen-bond acceptors (Lipinski definition) is 4. The first kappa shape index (κ1) is 15.3. The van der Waals surface area contributed by atoms with Crippen molar-refractivity contribution in [3.8, 4) is 5.75 Å². The van der Waals surface area contributed by atoms with Gasteiger partial charge in [-0.2, -0.15) is 0 Å². The summed E-state index contributed by atoms with van der Waals surface area (Å²) in [7, 11) is 1.59. The number of carbonyl (C=O) groups excluding carboxylic acids is 1. The van der Waals surface area contributed by atoms with Gasteiger partial charge in [-0.25, -0.2) is 4.99 Å². The number of ketones is 1. The van der Waals surface area contributed by atoms with E-state index in [0.717, 1.165) is 6.42 Å². The van der Waals surface area contributed by atoms with E-state index < -0.39 is 0 Å². The number of hydrogen-bond donors (Lipinski definition) is 1. The van der Waals surface area contributed by atoms with Crippen molar-refractivity contribution < 1.29 is 14.6 Å². The summed E-state index contributed by atoms with van der Waals surface area (Å²) in [4.78, 5) is 16.7. The topological polar surface area (TPSA) is 58.9 Å². The molecular formula is C17H21NO3. The number of allylic oxidation sites excluding steroid dienone is 2. The molecular weight excluding hydrogens is 266 g/mol. The van der Waals surface area contributed by atoms with Gasteiger partial charge in [0.25, 0.3) is 0 Å². The molecule has 1 aromatic rings. The molecule has 0 heterocycles. The van der Waals surface area contributed by atoms with Crippen LogP contribution in [0.2, 0.25) is 0 Å². The van der Waals surface area contributed by atoms with Gasteiger partial charge in [0.1, 0.15) is 17.2 Å². The number of Topliss-reactive ketones (excluding diaryl/α,β-unsaturated/α-hetero) is 1. The lowest BCUT2D eigenvalue weighted by Crippen LogP contribution is -2.19. The lowest BCUT2D eigenvalue weighted by Gasteiger charge is -2.17. The quantitative estimate of drug-likeness (QED) is 0.828. The second-order valence-electron chi connectivity index (χ2n) is 5.08. The van der Waals surface area contributed by atoms with E-state index in [1.54, 1.807) is 7.11 Å². The molecule has 1 N–H and O–H groups in total. The molecule has 4 nitrogen and oxygen atoms in total. The zero-order valence-electron chi connectivity index (χ0n) is 12.6. The molecule has 0 aromatic heterocycles.